The highest BCUT2D eigenvalue weighted by atomic mass is 32.2. The highest BCUT2D eigenvalue weighted by Gasteiger charge is 2.28. The summed E-state index contributed by atoms with van der Waals surface area (Å²) in [7, 11) is 3.88. The minimum Gasteiger partial charge on any atom is -0.355 e. The van der Waals surface area contributed by atoms with Crippen molar-refractivity contribution in [3.8, 4) is 5.69 Å². The number of ketones is 2. The Balaban J connectivity index is 1.98. The second-order valence-electron chi connectivity index (χ2n) is 8.10. The summed E-state index contributed by atoms with van der Waals surface area (Å²) in [6.07, 6.45) is 0. The van der Waals surface area contributed by atoms with Crippen LogP contribution in [0.15, 0.2) is 29.4 Å². The molecular weight excluding hydrogens is 429 g/mol. The molecule has 3 rings (SSSR count). The van der Waals surface area contributed by atoms with Crippen LogP contribution >= 0.6 is 11.8 Å². The smallest absolute Gasteiger partial charge is 0.196 e. The van der Waals surface area contributed by atoms with Gasteiger partial charge in [-0.1, -0.05) is 11.8 Å². The fourth-order valence-corrected chi connectivity index (χ4v) is 4.56. The maximum atomic E-state index is 13.5. The molecule has 0 fully saturated rings. The van der Waals surface area contributed by atoms with E-state index in [2.05, 4.69) is 15.2 Å². The Morgan fingerprint density at radius 2 is 1.75 bits per heavy atom. The lowest BCUT2D eigenvalue weighted by molar-refractivity contribution is 0.0988. The van der Waals surface area contributed by atoms with Gasteiger partial charge in [-0.2, -0.15) is 0 Å². The van der Waals surface area contributed by atoms with Crippen LogP contribution in [0.1, 0.15) is 64.7 Å². The van der Waals surface area contributed by atoms with E-state index in [1.165, 1.54) is 30.8 Å². The molecule has 9 heteroatoms. The number of aromatic amines is 1. The van der Waals surface area contributed by atoms with Crippen molar-refractivity contribution in [3.63, 3.8) is 0 Å². The van der Waals surface area contributed by atoms with Crippen LogP contribution < -0.4 is 0 Å². The van der Waals surface area contributed by atoms with E-state index in [1.54, 1.807) is 32.9 Å². The normalized spacial score (nSPS) is 13.4. The van der Waals surface area contributed by atoms with E-state index in [0.717, 1.165) is 0 Å². The lowest BCUT2D eigenvalue weighted by Gasteiger charge is -2.21. The van der Waals surface area contributed by atoms with Crippen molar-refractivity contribution in [2.75, 3.05) is 14.1 Å². The van der Waals surface area contributed by atoms with Crippen LogP contribution in [0.25, 0.3) is 5.69 Å². The molecule has 2 atom stereocenters. The van der Waals surface area contributed by atoms with Gasteiger partial charge in [0.05, 0.1) is 17.0 Å². The van der Waals surface area contributed by atoms with Gasteiger partial charge in [0.2, 0.25) is 0 Å². The molecule has 0 aliphatic rings. The fourth-order valence-electron chi connectivity index (χ4n) is 3.63. The van der Waals surface area contributed by atoms with Gasteiger partial charge >= 0.3 is 0 Å². The fraction of sp³-hybridized carbons (Fsp3) is 0.391. The highest BCUT2D eigenvalue weighted by molar-refractivity contribution is 8.00. The van der Waals surface area contributed by atoms with Gasteiger partial charge in [0.25, 0.3) is 0 Å². The van der Waals surface area contributed by atoms with Gasteiger partial charge in [0.15, 0.2) is 22.5 Å². The van der Waals surface area contributed by atoms with Gasteiger partial charge in [-0.05, 0) is 78.5 Å². The van der Waals surface area contributed by atoms with Crippen LogP contribution in [0.5, 0.6) is 0 Å². The van der Waals surface area contributed by atoms with Crippen LogP contribution in [-0.4, -0.2) is 55.6 Å². The molecule has 1 N–H and O–H groups in total. The summed E-state index contributed by atoms with van der Waals surface area (Å²) >= 11 is 1.28. The average molecular weight is 458 g/mol. The third-order valence-corrected chi connectivity index (χ3v) is 6.62. The molecule has 0 spiro atoms. The van der Waals surface area contributed by atoms with Gasteiger partial charge in [-0.25, -0.2) is 4.39 Å². The summed E-state index contributed by atoms with van der Waals surface area (Å²) in [4.78, 5) is 30.2. The summed E-state index contributed by atoms with van der Waals surface area (Å²) in [6.45, 7) is 8.87. The van der Waals surface area contributed by atoms with E-state index in [-0.39, 0.29) is 23.4 Å². The standard InChI is InChI=1S/C23H28FN5O2S/c1-12-19(15(4)30)13(2)25-20(12)21(31)16(5)32-23-27-26-22(14(3)28(6)7)29(23)18-10-8-17(24)9-11-18/h8-11,14,16,25H,1-7H3/t14-,16-/m0/s1. The SMILES string of the molecule is CC(=O)c1c(C)[nH]c(C(=O)[C@H](C)Sc2nnc([C@H](C)N(C)C)n2-c2ccc(F)cc2)c1C. The Morgan fingerprint density at radius 1 is 1.12 bits per heavy atom. The van der Waals surface area contributed by atoms with E-state index in [1.807, 2.05) is 30.5 Å². The van der Waals surface area contributed by atoms with E-state index in [9.17, 15) is 14.0 Å². The Hall–Kier alpha value is -2.78. The summed E-state index contributed by atoms with van der Waals surface area (Å²) in [5, 5.41) is 8.77. The van der Waals surface area contributed by atoms with Crippen molar-refractivity contribution >= 4 is 23.3 Å². The van der Waals surface area contributed by atoms with Crippen molar-refractivity contribution < 1.29 is 14.0 Å². The van der Waals surface area contributed by atoms with Crippen molar-refractivity contribution in [2.45, 2.75) is 51.1 Å². The third kappa shape index (κ3) is 4.54. The molecule has 3 aromatic rings. The number of carbonyl (C=O) groups excluding carboxylic acids is 2. The van der Waals surface area contributed by atoms with Crippen molar-refractivity contribution in [1.82, 2.24) is 24.6 Å². The quantitative estimate of drug-likeness (QED) is 0.395. The Labute approximate surface area is 191 Å². The predicted octanol–water partition coefficient (Wildman–Crippen LogP) is 4.54. The Kier molecular flexibility index (Phi) is 7.00. The number of benzene rings is 1. The maximum Gasteiger partial charge on any atom is 0.196 e. The predicted molar refractivity (Wildman–Crippen MR) is 123 cm³/mol. The number of nitrogens with one attached hydrogen (secondary N) is 1. The van der Waals surface area contributed by atoms with Gasteiger partial charge < -0.3 is 4.98 Å². The van der Waals surface area contributed by atoms with Crippen LogP contribution in [0.3, 0.4) is 0 Å². The molecule has 2 heterocycles. The van der Waals surface area contributed by atoms with Gasteiger partial charge in [-0.3, -0.25) is 19.1 Å². The first-order chi connectivity index (χ1) is 15.0. The molecule has 0 unspecified atom stereocenters. The zero-order valence-electron chi connectivity index (χ0n) is 19.4. The zero-order valence-corrected chi connectivity index (χ0v) is 20.2. The minimum atomic E-state index is -0.488. The second kappa shape index (κ2) is 9.38. The largest absolute Gasteiger partial charge is 0.355 e. The first-order valence-corrected chi connectivity index (χ1v) is 11.2. The van der Waals surface area contributed by atoms with Crippen LogP contribution in [0.2, 0.25) is 0 Å². The lowest BCUT2D eigenvalue weighted by Crippen LogP contribution is -2.21. The number of halogens is 1. The topological polar surface area (TPSA) is 83.9 Å². The maximum absolute atomic E-state index is 13.5. The summed E-state index contributed by atoms with van der Waals surface area (Å²) < 4.78 is 15.4. The lowest BCUT2D eigenvalue weighted by atomic mass is 10.0. The van der Waals surface area contributed by atoms with E-state index in [0.29, 0.717) is 39.2 Å². The molecule has 0 saturated heterocycles. The van der Waals surface area contributed by atoms with Crippen LogP contribution in [0.4, 0.5) is 4.39 Å². The molecule has 32 heavy (non-hydrogen) atoms. The van der Waals surface area contributed by atoms with Crippen LogP contribution in [-0.2, 0) is 0 Å². The van der Waals surface area contributed by atoms with Crippen LogP contribution in [0, 0.1) is 19.7 Å². The first-order valence-electron chi connectivity index (χ1n) is 10.3. The van der Waals surface area contributed by atoms with Crippen molar-refractivity contribution in [3.05, 3.63) is 58.4 Å². The number of Topliss-reactive ketones (excluding diaryl/α,β-unsaturated/α-hetero) is 2. The van der Waals surface area contributed by atoms with Gasteiger partial charge in [0.1, 0.15) is 5.82 Å². The number of hydrogen-bond acceptors (Lipinski definition) is 6. The van der Waals surface area contributed by atoms with Gasteiger partial charge in [-0.15, -0.1) is 10.2 Å². The summed E-state index contributed by atoms with van der Waals surface area (Å²) in [6, 6.07) is 6.05. The Bertz CT molecular complexity index is 1150. The van der Waals surface area contributed by atoms with E-state index >= 15 is 0 Å². The Morgan fingerprint density at radius 3 is 2.28 bits per heavy atom. The molecule has 1 aromatic carbocycles. The number of H-pyrrole nitrogens is 1. The molecule has 0 aliphatic heterocycles. The average Bonchev–Trinajstić information content (AvgIpc) is 3.27. The van der Waals surface area contributed by atoms with Crippen molar-refractivity contribution in [2.24, 2.45) is 0 Å². The number of thioether (sulfide) groups is 1. The first kappa shape index (κ1) is 23.9. The molecule has 0 saturated carbocycles. The summed E-state index contributed by atoms with van der Waals surface area (Å²) in [5.74, 6) is 0.156. The number of carbonyl (C=O) groups is 2. The molecule has 0 aliphatic carbocycles. The molecule has 0 amide bonds. The van der Waals surface area contributed by atoms with Gasteiger partial charge in [0, 0.05) is 16.9 Å². The molecule has 0 radical (unpaired) electrons. The van der Waals surface area contributed by atoms with E-state index < -0.39 is 5.25 Å². The second-order valence-corrected chi connectivity index (χ2v) is 9.41. The minimum absolute atomic E-state index is 0.0562. The number of nitrogens with zero attached hydrogens (tertiary/aromatic N) is 4. The number of aryl methyl sites for hydroxylation is 1. The number of aromatic nitrogens is 4. The molecule has 7 nitrogen and oxygen atoms in total. The monoisotopic (exact) mass is 457 g/mol. The third-order valence-electron chi connectivity index (χ3n) is 5.58. The summed E-state index contributed by atoms with van der Waals surface area (Å²) in [5.41, 5.74) is 3.05. The highest BCUT2D eigenvalue weighted by Crippen LogP contribution is 2.31. The molecule has 2 aromatic heterocycles. The molecule has 0 bridgehead atoms. The molecular formula is C23H28FN5O2S. The van der Waals surface area contributed by atoms with E-state index in [4.69, 9.17) is 0 Å². The molecule has 170 valence electrons. The van der Waals surface area contributed by atoms with Crippen molar-refractivity contribution in [1.29, 1.82) is 0 Å². The number of hydrogen-bond donors (Lipinski definition) is 1. The number of rotatable bonds is 8. The zero-order chi connectivity index (χ0) is 23.7.